The van der Waals surface area contributed by atoms with Crippen LogP contribution in [0.3, 0.4) is 0 Å². The van der Waals surface area contributed by atoms with Crippen LogP contribution in [-0.2, 0) is 13.0 Å². The summed E-state index contributed by atoms with van der Waals surface area (Å²) in [5, 5.41) is 2.45. The Balaban J connectivity index is 1.42. The van der Waals surface area contributed by atoms with Crippen molar-refractivity contribution in [2.45, 2.75) is 19.9 Å². The van der Waals surface area contributed by atoms with E-state index >= 15 is 0 Å². The van der Waals surface area contributed by atoms with Gasteiger partial charge in [-0.1, -0.05) is 6.92 Å². The molecule has 4 rings (SSSR count). The van der Waals surface area contributed by atoms with Gasteiger partial charge in [-0.3, -0.25) is 14.5 Å². The van der Waals surface area contributed by atoms with Crippen molar-refractivity contribution in [3.05, 3.63) is 69.5 Å². The zero-order valence-corrected chi connectivity index (χ0v) is 17.2. The molecule has 2 N–H and O–H groups in total. The van der Waals surface area contributed by atoms with Crippen LogP contribution in [0.4, 0.5) is 10.1 Å². The number of nitrogens with zero attached hydrogens (tertiary/aromatic N) is 3. The first kappa shape index (κ1) is 20.2. The molecule has 1 aliphatic heterocycles. The van der Waals surface area contributed by atoms with E-state index in [1.165, 1.54) is 19.2 Å². The highest BCUT2D eigenvalue weighted by Crippen LogP contribution is 2.21. The second kappa shape index (κ2) is 8.31. The van der Waals surface area contributed by atoms with Crippen molar-refractivity contribution in [1.29, 1.82) is 0 Å². The molecular weight excluding hydrogens is 385 g/mol. The molecule has 2 aromatic heterocycles. The minimum atomic E-state index is -0.509. The van der Waals surface area contributed by atoms with Gasteiger partial charge in [0.1, 0.15) is 11.5 Å². The van der Waals surface area contributed by atoms with Crippen molar-refractivity contribution in [1.82, 2.24) is 19.6 Å². The third kappa shape index (κ3) is 3.82. The van der Waals surface area contributed by atoms with E-state index in [0.717, 1.165) is 55.2 Å². The second-order valence-electron chi connectivity index (χ2n) is 7.57. The summed E-state index contributed by atoms with van der Waals surface area (Å²) in [6, 6.07) is 6.80. The van der Waals surface area contributed by atoms with Crippen LogP contribution >= 0.6 is 0 Å². The van der Waals surface area contributed by atoms with E-state index in [9.17, 15) is 14.0 Å². The molecule has 7 nitrogen and oxygen atoms in total. The van der Waals surface area contributed by atoms with Crippen molar-refractivity contribution < 1.29 is 9.18 Å². The second-order valence-corrected chi connectivity index (χ2v) is 7.57. The lowest BCUT2D eigenvalue weighted by Gasteiger charge is -2.36. The number of amides is 1. The number of aromatic amines is 1. The Labute approximate surface area is 174 Å². The topological polar surface area (TPSA) is 72.8 Å². The summed E-state index contributed by atoms with van der Waals surface area (Å²) in [6.07, 6.45) is 4.57. The lowest BCUT2D eigenvalue weighted by atomic mass is 10.1. The zero-order valence-electron chi connectivity index (χ0n) is 17.2. The maximum atomic E-state index is 14.3. The third-order valence-electron chi connectivity index (χ3n) is 5.75. The van der Waals surface area contributed by atoms with Gasteiger partial charge in [0.25, 0.3) is 11.5 Å². The average molecular weight is 411 g/mol. The molecule has 0 bridgehead atoms. The monoisotopic (exact) mass is 411 g/mol. The fourth-order valence-corrected chi connectivity index (χ4v) is 3.96. The number of hydrogen-bond acceptors (Lipinski definition) is 4. The SMILES string of the molecule is CCc1cn2ccc(CN3CCN(c4ccc(C(=O)NC)c(F)c4)CC3)c2[nH]c1=O. The summed E-state index contributed by atoms with van der Waals surface area (Å²) in [4.78, 5) is 31.3. The molecule has 0 atom stereocenters. The fraction of sp³-hybridized carbons (Fsp3) is 0.364. The molecule has 3 aromatic rings. The first-order chi connectivity index (χ1) is 14.5. The highest BCUT2D eigenvalue weighted by Gasteiger charge is 2.20. The number of rotatable bonds is 5. The van der Waals surface area contributed by atoms with Gasteiger partial charge in [0, 0.05) is 69.0 Å². The van der Waals surface area contributed by atoms with Gasteiger partial charge in [0.2, 0.25) is 0 Å². The van der Waals surface area contributed by atoms with Crippen molar-refractivity contribution in [2.24, 2.45) is 0 Å². The van der Waals surface area contributed by atoms with Crippen LogP contribution in [0.5, 0.6) is 0 Å². The summed E-state index contributed by atoms with van der Waals surface area (Å²) in [5.41, 5.74) is 3.51. The van der Waals surface area contributed by atoms with Gasteiger partial charge >= 0.3 is 0 Å². The van der Waals surface area contributed by atoms with E-state index in [2.05, 4.69) is 20.1 Å². The molecule has 1 fully saturated rings. The summed E-state index contributed by atoms with van der Waals surface area (Å²) in [7, 11) is 1.49. The summed E-state index contributed by atoms with van der Waals surface area (Å²) < 4.78 is 16.3. The zero-order chi connectivity index (χ0) is 21.3. The summed E-state index contributed by atoms with van der Waals surface area (Å²) in [6.45, 7) is 5.90. The number of carbonyl (C=O) groups is 1. The standard InChI is InChI=1S/C22H26FN5O2/c1-3-15-14-28-7-6-16(20(28)25-21(15)29)13-26-8-10-27(11-9-26)17-4-5-18(19(23)12-17)22(30)24-2/h4-7,12,14H,3,8-11,13H2,1-2H3,(H,24,30)(H,25,29). The summed E-state index contributed by atoms with van der Waals surface area (Å²) >= 11 is 0. The Bertz CT molecular complexity index is 1130. The van der Waals surface area contributed by atoms with E-state index in [-0.39, 0.29) is 11.1 Å². The van der Waals surface area contributed by atoms with Crippen molar-refractivity contribution in [3.8, 4) is 0 Å². The number of anilines is 1. The van der Waals surface area contributed by atoms with E-state index in [1.807, 2.05) is 29.8 Å². The number of benzene rings is 1. The Morgan fingerprint density at radius 1 is 1.17 bits per heavy atom. The maximum absolute atomic E-state index is 14.3. The predicted octanol–water partition coefficient (Wildman–Crippen LogP) is 2.01. The van der Waals surface area contributed by atoms with E-state index in [0.29, 0.717) is 6.42 Å². The van der Waals surface area contributed by atoms with Crippen LogP contribution in [0.2, 0.25) is 0 Å². The molecule has 1 aliphatic rings. The molecule has 1 aromatic carbocycles. The molecular formula is C22H26FN5O2. The van der Waals surface area contributed by atoms with Gasteiger partial charge in [-0.2, -0.15) is 0 Å². The number of fused-ring (bicyclic) bond motifs is 1. The van der Waals surface area contributed by atoms with Crippen LogP contribution in [0.1, 0.15) is 28.4 Å². The highest BCUT2D eigenvalue weighted by molar-refractivity contribution is 5.94. The molecule has 0 unspecified atom stereocenters. The highest BCUT2D eigenvalue weighted by atomic mass is 19.1. The van der Waals surface area contributed by atoms with Gasteiger partial charge in [0.05, 0.1) is 5.56 Å². The van der Waals surface area contributed by atoms with Gasteiger partial charge in [-0.25, -0.2) is 4.39 Å². The number of hydrogen-bond donors (Lipinski definition) is 2. The maximum Gasteiger partial charge on any atom is 0.254 e. The van der Waals surface area contributed by atoms with Gasteiger partial charge in [-0.15, -0.1) is 0 Å². The number of aryl methyl sites for hydroxylation is 1. The molecule has 0 spiro atoms. The molecule has 158 valence electrons. The van der Waals surface area contributed by atoms with Crippen molar-refractivity contribution in [3.63, 3.8) is 0 Å². The van der Waals surface area contributed by atoms with Gasteiger partial charge in [-0.05, 0) is 30.7 Å². The van der Waals surface area contributed by atoms with Crippen LogP contribution in [0, 0.1) is 5.82 Å². The van der Waals surface area contributed by atoms with Gasteiger partial charge in [0.15, 0.2) is 0 Å². The van der Waals surface area contributed by atoms with E-state index < -0.39 is 11.7 Å². The van der Waals surface area contributed by atoms with Crippen LogP contribution in [0.15, 0.2) is 41.5 Å². The largest absolute Gasteiger partial charge is 0.369 e. The van der Waals surface area contributed by atoms with Crippen LogP contribution in [-0.4, -0.2) is 53.4 Å². The first-order valence-corrected chi connectivity index (χ1v) is 10.2. The average Bonchev–Trinajstić information content (AvgIpc) is 3.14. The van der Waals surface area contributed by atoms with Crippen LogP contribution in [0.25, 0.3) is 5.65 Å². The predicted molar refractivity (Wildman–Crippen MR) is 115 cm³/mol. The Morgan fingerprint density at radius 2 is 1.93 bits per heavy atom. The first-order valence-electron chi connectivity index (χ1n) is 10.2. The van der Waals surface area contributed by atoms with Crippen molar-refractivity contribution >= 4 is 17.2 Å². The molecule has 3 heterocycles. The van der Waals surface area contributed by atoms with Crippen molar-refractivity contribution in [2.75, 3.05) is 38.1 Å². The quantitative estimate of drug-likeness (QED) is 0.674. The molecule has 30 heavy (non-hydrogen) atoms. The minimum Gasteiger partial charge on any atom is -0.369 e. The number of nitrogens with one attached hydrogen (secondary N) is 2. The molecule has 0 aliphatic carbocycles. The number of carbonyl (C=O) groups excluding carboxylic acids is 1. The van der Waals surface area contributed by atoms with Crippen LogP contribution < -0.4 is 15.8 Å². The fourth-order valence-electron chi connectivity index (χ4n) is 3.96. The number of piperazine rings is 1. The summed E-state index contributed by atoms with van der Waals surface area (Å²) in [5.74, 6) is -0.933. The normalized spacial score (nSPS) is 15.0. The molecule has 0 radical (unpaired) electrons. The number of H-pyrrole nitrogens is 1. The Hall–Kier alpha value is -3.13. The van der Waals surface area contributed by atoms with E-state index in [1.54, 1.807) is 6.07 Å². The smallest absolute Gasteiger partial charge is 0.254 e. The Morgan fingerprint density at radius 3 is 2.60 bits per heavy atom. The number of aromatic nitrogens is 2. The Kier molecular flexibility index (Phi) is 5.59. The number of halogens is 1. The molecule has 1 saturated heterocycles. The molecule has 0 saturated carbocycles. The third-order valence-corrected chi connectivity index (χ3v) is 5.75. The molecule has 1 amide bonds. The van der Waals surface area contributed by atoms with E-state index in [4.69, 9.17) is 0 Å². The lowest BCUT2D eigenvalue weighted by molar-refractivity contribution is 0.0959. The van der Waals surface area contributed by atoms with Gasteiger partial charge < -0.3 is 19.6 Å². The molecule has 8 heteroatoms. The minimum absolute atomic E-state index is 0.0306. The lowest BCUT2D eigenvalue weighted by Crippen LogP contribution is -2.46.